The molecule has 5 nitrogen and oxygen atoms in total. The van der Waals surface area contributed by atoms with Crippen molar-refractivity contribution in [3.8, 4) is 0 Å². The van der Waals surface area contributed by atoms with Crippen LogP contribution < -0.4 is 5.32 Å². The Bertz CT molecular complexity index is 262. The Morgan fingerprint density at radius 2 is 1.93 bits per heavy atom. The minimum atomic E-state index is -1.70. The van der Waals surface area contributed by atoms with Crippen molar-refractivity contribution in [2.45, 2.75) is 25.5 Å². The lowest BCUT2D eigenvalue weighted by Gasteiger charge is -2.17. The van der Waals surface area contributed by atoms with Gasteiger partial charge in [0.25, 0.3) is 0 Å². The first-order valence-electron chi connectivity index (χ1n) is 4.21. The second-order valence-electron chi connectivity index (χ2n) is 3.26. The lowest BCUT2D eigenvalue weighted by Crippen LogP contribution is -2.41. The number of amides is 1. The minimum absolute atomic E-state index is 0.271. The van der Waals surface area contributed by atoms with Gasteiger partial charge in [-0.15, -0.1) is 0 Å². The molecule has 0 spiro atoms. The molecule has 0 aliphatic heterocycles. The molecule has 0 aliphatic carbocycles. The van der Waals surface area contributed by atoms with Crippen molar-refractivity contribution in [1.82, 2.24) is 5.32 Å². The van der Waals surface area contributed by atoms with E-state index in [1.54, 1.807) is 6.92 Å². The summed E-state index contributed by atoms with van der Waals surface area (Å²) >= 11 is 0. The van der Waals surface area contributed by atoms with Gasteiger partial charge in [0, 0.05) is 17.3 Å². The van der Waals surface area contributed by atoms with E-state index >= 15 is 0 Å². The summed E-state index contributed by atoms with van der Waals surface area (Å²) in [6.45, 7) is 4.86. The molecule has 0 aliphatic rings. The summed E-state index contributed by atoms with van der Waals surface area (Å²) in [5, 5.41) is 11.2. The van der Waals surface area contributed by atoms with Gasteiger partial charge in [0.1, 0.15) is 10.5 Å². The number of aliphatic carboxylic acids is 1. The van der Waals surface area contributed by atoms with E-state index in [4.69, 9.17) is 5.11 Å². The lowest BCUT2D eigenvalue weighted by atomic mass is 10.2. The number of carbonyl (C=O) groups is 2. The Labute approximate surface area is 85.3 Å². The van der Waals surface area contributed by atoms with Crippen LogP contribution in [0.2, 0.25) is 0 Å². The molecule has 0 rings (SSSR count). The van der Waals surface area contributed by atoms with Crippen LogP contribution in [0.4, 0.5) is 0 Å². The van der Waals surface area contributed by atoms with Crippen LogP contribution in [0.3, 0.4) is 0 Å². The maximum absolute atomic E-state index is 11.5. The maximum Gasteiger partial charge on any atom is 0.321 e. The number of carboxylic acids is 1. The standard InChI is InChI=1S/C8H15NO4S/c1-4-9-6(10)5-14(13)8(2,3)7(11)12/h4-5H2,1-3H3,(H,9,10)(H,11,12). The first kappa shape index (κ1) is 13.1. The molecule has 1 amide bonds. The Kier molecular flexibility index (Phi) is 4.76. The highest BCUT2D eigenvalue weighted by Crippen LogP contribution is 2.12. The van der Waals surface area contributed by atoms with Gasteiger partial charge in [-0.05, 0) is 20.8 Å². The zero-order valence-corrected chi connectivity index (χ0v) is 9.31. The van der Waals surface area contributed by atoms with Crippen molar-refractivity contribution in [3.63, 3.8) is 0 Å². The normalized spacial score (nSPS) is 13.4. The molecule has 14 heavy (non-hydrogen) atoms. The second kappa shape index (κ2) is 5.09. The van der Waals surface area contributed by atoms with Crippen LogP contribution in [-0.2, 0) is 20.4 Å². The summed E-state index contributed by atoms with van der Waals surface area (Å²) in [6.07, 6.45) is 0. The van der Waals surface area contributed by atoms with E-state index in [-0.39, 0.29) is 11.7 Å². The van der Waals surface area contributed by atoms with Gasteiger partial charge < -0.3 is 10.4 Å². The summed E-state index contributed by atoms with van der Waals surface area (Å²) in [7, 11) is -1.70. The van der Waals surface area contributed by atoms with Gasteiger partial charge >= 0.3 is 5.97 Å². The first-order chi connectivity index (χ1) is 6.32. The number of hydrogen-bond acceptors (Lipinski definition) is 3. The van der Waals surface area contributed by atoms with Crippen LogP contribution in [0.5, 0.6) is 0 Å². The molecule has 1 atom stereocenters. The van der Waals surface area contributed by atoms with Gasteiger partial charge in [-0.3, -0.25) is 13.8 Å². The van der Waals surface area contributed by atoms with Gasteiger partial charge in [0.2, 0.25) is 5.91 Å². The molecule has 6 heteroatoms. The smallest absolute Gasteiger partial charge is 0.321 e. The second-order valence-corrected chi connectivity index (χ2v) is 5.26. The summed E-state index contributed by atoms with van der Waals surface area (Å²) < 4.78 is 10.1. The van der Waals surface area contributed by atoms with Crippen LogP contribution in [0.25, 0.3) is 0 Å². The predicted molar refractivity (Wildman–Crippen MR) is 53.4 cm³/mol. The number of carbonyl (C=O) groups excluding carboxylic acids is 1. The molecule has 0 heterocycles. The zero-order valence-electron chi connectivity index (χ0n) is 8.49. The van der Waals surface area contributed by atoms with Crippen molar-refractivity contribution in [2.24, 2.45) is 0 Å². The van der Waals surface area contributed by atoms with Gasteiger partial charge in [-0.2, -0.15) is 0 Å². The van der Waals surface area contributed by atoms with Crippen molar-refractivity contribution in [2.75, 3.05) is 12.3 Å². The monoisotopic (exact) mass is 221 g/mol. The van der Waals surface area contributed by atoms with Crippen LogP contribution >= 0.6 is 0 Å². The molecule has 1 unspecified atom stereocenters. The number of rotatable bonds is 5. The van der Waals surface area contributed by atoms with E-state index < -0.39 is 21.5 Å². The molecule has 0 aromatic rings. The number of hydrogen-bond donors (Lipinski definition) is 2. The molecule has 0 saturated carbocycles. The Balaban J connectivity index is 4.35. The van der Waals surface area contributed by atoms with Crippen molar-refractivity contribution < 1.29 is 18.9 Å². The van der Waals surface area contributed by atoms with Gasteiger partial charge in [-0.25, -0.2) is 0 Å². The van der Waals surface area contributed by atoms with E-state index in [1.165, 1.54) is 13.8 Å². The molecule has 82 valence electrons. The molecule has 2 N–H and O–H groups in total. The fourth-order valence-corrected chi connectivity index (χ4v) is 1.54. The first-order valence-corrected chi connectivity index (χ1v) is 5.52. The largest absolute Gasteiger partial charge is 0.480 e. The fraction of sp³-hybridized carbons (Fsp3) is 0.750. The highest BCUT2D eigenvalue weighted by Gasteiger charge is 2.35. The summed E-state index contributed by atoms with van der Waals surface area (Å²) in [4.78, 5) is 21.7. The number of nitrogens with one attached hydrogen (secondary N) is 1. The molecule has 0 bridgehead atoms. The van der Waals surface area contributed by atoms with Crippen LogP contribution in [-0.4, -0.2) is 38.2 Å². The van der Waals surface area contributed by atoms with E-state index in [0.29, 0.717) is 6.54 Å². The van der Waals surface area contributed by atoms with Gasteiger partial charge in [0.15, 0.2) is 0 Å². The molecule has 0 radical (unpaired) electrons. The third kappa shape index (κ3) is 3.45. The predicted octanol–water partition coefficient (Wildman–Crippen LogP) is -0.266. The van der Waals surface area contributed by atoms with E-state index in [1.807, 2.05) is 0 Å². The quantitative estimate of drug-likeness (QED) is 0.669. The van der Waals surface area contributed by atoms with E-state index in [9.17, 15) is 13.8 Å². The number of carboxylic acid groups (broad SMARTS) is 1. The minimum Gasteiger partial charge on any atom is -0.480 e. The lowest BCUT2D eigenvalue weighted by molar-refractivity contribution is -0.139. The summed E-state index contributed by atoms with van der Waals surface area (Å²) in [5.74, 6) is -1.83. The Morgan fingerprint density at radius 1 is 1.43 bits per heavy atom. The Hall–Kier alpha value is -0.910. The maximum atomic E-state index is 11.5. The van der Waals surface area contributed by atoms with Crippen molar-refractivity contribution in [1.29, 1.82) is 0 Å². The van der Waals surface area contributed by atoms with E-state index in [2.05, 4.69) is 5.32 Å². The highest BCUT2D eigenvalue weighted by molar-refractivity contribution is 7.87. The average molecular weight is 221 g/mol. The average Bonchev–Trinajstić information content (AvgIpc) is 2.03. The third-order valence-electron chi connectivity index (χ3n) is 1.72. The molecular formula is C8H15NO4S. The molecule has 0 fully saturated rings. The van der Waals surface area contributed by atoms with Gasteiger partial charge in [-0.1, -0.05) is 0 Å². The van der Waals surface area contributed by atoms with Crippen LogP contribution in [0.1, 0.15) is 20.8 Å². The Morgan fingerprint density at radius 3 is 2.29 bits per heavy atom. The molecular weight excluding hydrogens is 206 g/mol. The summed E-state index contributed by atoms with van der Waals surface area (Å²) in [5.41, 5.74) is 0. The van der Waals surface area contributed by atoms with Gasteiger partial charge in [0.05, 0.1) is 0 Å². The third-order valence-corrected chi connectivity index (χ3v) is 3.56. The highest BCUT2D eigenvalue weighted by atomic mass is 32.2. The zero-order chi connectivity index (χ0) is 11.4. The molecule has 0 saturated heterocycles. The summed E-state index contributed by atoms with van der Waals surface area (Å²) in [6, 6.07) is 0. The van der Waals surface area contributed by atoms with Crippen molar-refractivity contribution >= 4 is 22.7 Å². The SMILES string of the molecule is CCNC(=O)CS(=O)C(C)(C)C(=O)O. The van der Waals surface area contributed by atoms with Crippen LogP contribution in [0, 0.1) is 0 Å². The molecule has 0 aromatic carbocycles. The fourth-order valence-electron chi connectivity index (χ4n) is 0.645. The van der Waals surface area contributed by atoms with E-state index in [0.717, 1.165) is 0 Å². The molecule has 0 aromatic heterocycles. The van der Waals surface area contributed by atoms with Crippen molar-refractivity contribution in [3.05, 3.63) is 0 Å². The van der Waals surface area contributed by atoms with Crippen LogP contribution in [0.15, 0.2) is 0 Å². The topological polar surface area (TPSA) is 83.5 Å².